The van der Waals surface area contributed by atoms with Crippen LogP contribution >= 0.6 is 0 Å². The Morgan fingerprint density at radius 2 is 0.850 bits per heavy atom. The summed E-state index contributed by atoms with van der Waals surface area (Å²) in [5.41, 5.74) is 0.375. The molecule has 2 saturated heterocycles. The van der Waals surface area contributed by atoms with Crippen molar-refractivity contribution in [1.82, 2.24) is 0 Å². The third-order valence-corrected chi connectivity index (χ3v) is 8.94. The van der Waals surface area contributed by atoms with Crippen LogP contribution in [0.5, 0.6) is 40.2 Å². The smallest absolute Gasteiger partial charge is 0.343 e. The molecule has 2 unspecified atom stereocenters. The molecule has 0 spiro atoms. The predicted molar refractivity (Wildman–Crippen MR) is 205 cm³/mol. The third kappa shape index (κ3) is 9.61. The van der Waals surface area contributed by atoms with Crippen molar-refractivity contribution in [2.24, 2.45) is 0 Å². The van der Waals surface area contributed by atoms with Gasteiger partial charge in [0.05, 0.1) is 56.8 Å². The van der Waals surface area contributed by atoms with Crippen molar-refractivity contribution in [3.63, 3.8) is 0 Å². The SMILES string of the molecule is C=CC(=O)Oc1ccc(C(=O)Oc2ccc(C(=O)O[C@@H]3CO[C@@H]4C(OC(=O)c5ccc(OC(=O)c6ccc(OC(=O)C=C)c(OC)c6)c(OC)c5)COC43)cc2OC)cc1. The molecule has 0 aromatic heterocycles. The highest BCUT2D eigenvalue weighted by molar-refractivity contribution is 5.95. The molecule has 60 heavy (non-hydrogen) atoms. The van der Waals surface area contributed by atoms with E-state index in [9.17, 15) is 28.8 Å². The zero-order valence-electron chi connectivity index (χ0n) is 32.2. The second kappa shape index (κ2) is 18.8. The van der Waals surface area contributed by atoms with Gasteiger partial charge in [0.15, 0.2) is 46.7 Å². The largest absolute Gasteiger partial charge is 0.493 e. The van der Waals surface area contributed by atoms with Crippen molar-refractivity contribution in [1.29, 1.82) is 0 Å². The highest BCUT2D eigenvalue weighted by Gasteiger charge is 2.51. The van der Waals surface area contributed by atoms with Gasteiger partial charge in [-0.3, -0.25) is 0 Å². The number of ether oxygens (including phenoxy) is 11. The average Bonchev–Trinajstić information content (AvgIpc) is 3.86. The molecule has 4 aromatic rings. The number of esters is 6. The Labute approximate surface area is 341 Å². The van der Waals surface area contributed by atoms with Crippen molar-refractivity contribution in [3.05, 3.63) is 126 Å². The average molecular weight is 825 g/mol. The number of fused-ring (bicyclic) bond motifs is 1. The number of methoxy groups -OCH3 is 3. The Hall–Kier alpha value is -7.50. The summed E-state index contributed by atoms with van der Waals surface area (Å²) in [6.45, 7) is 6.58. The maximum Gasteiger partial charge on any atom is 0.343 e. The summed E-state index contributed by atoms with van der Waals surface area (Å²) >= 11 is 0. The zero-order valence-corrected chi connectivity index (χ0v) is 32.2. The van der Waals surface area contributed by atoms with Crippen LogP contribution in [0.15, 0.2) is 104 Å². The van der Waals surface area contributed by atoms with E-state index in [0.717, 1.165) is 12.2 Å². The lowest BCUT2D eigenvalue weighted by Crippen LogP contribution is -2.36. The van der Waals surface area contributed by atoms with E-state index in [4.69, 9.17) is 52.1 Å². The van der Waals surface area contributed by atoms with Crippen LogP contribution in [-0.2, 0) is 28.5 Å². The van der Waals surface area contributed by atoms with Crippen LogP contribution in [0.4, 0.5) is 0 Å². The first-order valence-corrected chi connectivity index (χ1v) is 17.9. The molecule has 0 bridgehead atoms. The molecule has 17 nitrogen and oxygen atoms in total. The van der Waals surface area contributed by atoms with Gasteiger partial charge >= 0.3 is 35.8 Å². The van der Waals surface area contributed by atoms with Crippen molar-refractivity contribution < 1.29 is 80.9 Å². The first-order valence-electron chi connectivity index (χ1n) is 17.9. The molecule has 2 aliphatic rings. The fourth-order valence-corrected chi connectivity index (χ4v) is 5.96. The fourth-order valence-electron chi connectivity index (χ4n) is 5.96. The van der Waals surface area contributed by atoms with Crippen molar-refractivity contribution >= 4 is 35.8 Å². The molecule has 4 atom stereocenters. The first kappa shape index (κ1) is 42.1. The highest BCUT2D eigenvalue weighted by atomic mass is 16.7. The number of hydrogen-bond acceptors (Lipinski definition) is 17. The van der Waals surface area contributed by atoms with Gasteiger partial charge in [0.2, 0.25) is 0 Å². The normalized spacial score (nSPS) is 17.5. The van der Waals surface area contributed by atoms with E-state index in [1.807, 2.05) is 0 Å². The van der Waals surface area contributed by atoms with Gasteiger partial charge in [0.25, 0.3) is 0 Å². The van der Waals surface area contributed by atoms with Crippen LogP contribution in [0.2, 0.25) is 0 Å². The number of carbonyl (C=O) groups excluding carboxylic acids is 6. The Morgan fingerprint density at radius 1 is 0.483 bits per heavy atom. The number of carbonyl (C=O) groups is 6. The zero-order chi connectivity index (χ0) is 42.9. The minimum Gasteiger partial charge on any atom is -0.493 e. The molecule has 4 aromatic carbocycles. The molecule has 0 radical (unpaired) electrons. The number of benzene rings is 4. The van der Waals surface area contributed by atoms with Gasteiger partial charge < -0.3 is 52.1 Å². The van der Waals surface area contributed by atoms with Gasteiger partial charge in [-0.15, -0.1) is 0 Å². The molecule has 6 rings (SSSR count). The molecule has 2 aliphatic heterocycles. The predicted octanol–water partition coefficient (Wildman–Crippen LogP) is 4.88. The van der Waals surface area contributed by atoms with Crippen molar-refractivity contribution in [2.45, 2.75) is 24.4 Å². The quantitative estimate of drug-likeness (QED) is 0.0890. The van der Waals surface area contributed by atoms with Crippen molar-refractivity contribution in [3.8, 4) is 40.2 Å². The second-order valence-electron chi connectivity index (χ2n) is 12.6. The fraction of sp³-hybridized carbons (Fsp3) is 0.209. The van der Waals surface area contributed by atoms with E-state index in [0.29, 0.717) is 0 Å². The summed E-state index contributed by atoms with van der Waals surface area (Å²) in [5, 5.41) is 0. The lowest BCUT2D eigenvalue weighted by Gasteiger charge is -2.18. The molecule has 0 aliphatic carbocycles. The summed E-state index contributed by atoms with van der Waals surface area (Å²) in [7, 11) is 4.00. The monoisotopic (exact) mass is 824 g/mol. The van der Waals surface area contributed by atoms with E-state index in [2.05, 4.69) is 13.2 Å². The van der Waals surface area contributed by atoms with Gasteiger partial charge in [0.1, 0.15) is 18.0 Å². The van der Waals surface area contributed by atoms with E-state index >= 15 is 0 Å². The lowest BCUT2D eigenvalue weighted by atomic mass is 10.1. The molecule has 310 valence electrons. The number of rotatable bonds is 15. The number of hydrogen-bond donors (Lipinski definition) is 0. The molecule has 2 fully saturated rings. The van der Waals surface area contributed by atoms with Crippen molar-refractivity contribution in [2.75, 3.05) is 34.5 Å². The standard InChI is InChI=1S/C43H36O17/c1-6-36(44)55-27-13-8-23(9-14-27)40(46)57-29-16-11-25(19-32(29)51-4)42(48)59-34-21-53-39-35(22-54-38(34)39)60-43(49)26-12-17-30(33(20-26)52-5)58-41(47)24-10-15-28(31(18-24)50-3)56-37(45)7-2/h6-20,34-35,38-39H,1-2,21-22H2,3-5H3/t34-,35?,38?,39-/m1/s1. The molecular weight excluding hydrogens is 788 g/mol. The van der Waals surface area contributed by atoms with Gasteiger partial charge in [-0.25, -0.2) is 28.8 Å². The summed E-state index contributed by atoms with van der Waals surface area (Å²) in [6.07, 6.45) is -1.22. The minimum atomic E-state index is -0.856. The first-order chi connectivity index (χ1) is 28.9. The summed E-state index contributed by atoms with van der Waals surface area (Å²) in [6, 6.07) is 17.9. The van der Waals surface area contributed by atoms with E-state index in [-0.39, 0.29) is 75.7 Å². The Kier molecular flexibility index (Phi) is 13.2. The van der Waals surface area contributed by atoms with Crippen LogP contribution < -0.4 is 33.2 Å². The van der Waals surface area contributed by atoms with Gasteiger partial charge in [0, 0.05) is 12.2 Å². The molecule has 2 heterocycles. The minimum absolute atomic E-state index is 0.00114. The van der Waals surface area contributed by atoms with Crippen LogP contribution in [-0.4, -0.2) is 94.8 Å². The maximum absolute atomic E-state index is 13.3. The summed E-state index contributed by atoms with van der Waals surface area (Å²) < 4.78 is 60.2. The van der Waals surface area contributed by atoms with E-state index in [1.54, 1.807) is 0 Å². The van der Waals surface area contributed by atoms with Gasteiger partial charge in [-0.2, -0.15) is 0 Å². The Morgan fingerprint density at radius 3 is 1.27 bits per heavy atom. The van der Waals surface area contributed by atoms with E-state index < -0.39 is 60.2 Å². The second-order valence-corrected chi connectivity index (χ2v) is 12.6. The summed E-state index contributed by atoms with van der Waals surface area (Å²) in [4.78, 5) is 75.3. The summed E-state index contributed by atoms with van der Waals surface area (Å²) in [5.74, 6) is -3.85. The van der Waals surface area contributed by atoms with Crippen LogP contribution in [0.3, 0.4) is 0 Å². The third-order valence-electron chi connectivity index (χ3n) is 8.94. The Bertz CT molecular complexity index is 2330. The van der Waals surface area contributed by atoms with Crippen LogP contribution in [0.1, 0.15) is 41.4 Å². The Balaban J connectivity index is 1.03. The highest BCUT2D eigenvalue weighted by Crippen LogP contribution is 2.35. The van der Waals surface area contributed by atoms with Gasteiger partial charge in [-0.1, -0.05) is 13.2 Å². The maximum atomic E-state index is 13.3. The van der Waals surface area contributed by atoms with Gasteiger partial charge in [-0.05, 0) is 78.9 Å². The van der Waals surface area contributed by atoms with Crippen LogP contribution in [0, 0.1) is 0 Å². The lowest BCUT2D eigenvalue weighted by molar-refractivity contribution is -0.129. The van der Waals surface area contributed by atoms with E-state index in [1.165, 1.54) is 100 Å². The molecule has 0 saturated carbocycles. The topological polar surface area (TPSA) is 204 Å². The van der Waals surface area contributed by atoms with Crippen LogP contribution in [0.25, 0.3) is 0 Å². The molecule has 0 amide bonds. The molecular formula is C43H36O17. The molecule has 0 N–H and O–H groups in total. The molecule has 17 heteroatoms.